The quantitative estimate of drug-likeness (QED) is 0.777. The third kappa shape index (κ3) is 3.28. The van der Waals surface area contributed by atoms with E-state index in [9.17, 15) is 4.39 Å². The molecule has 0 unspecified atom stereocenters. The number of hydrogen-bond donors (Lipinski definition) is 2. The Morgan fingerprint density at radius 2 is 1.91 bits per heavy atom. The van der Waals surface area contributed by atoms with Crippen molar-refractivity contribution in [2.24, 2.45) is 0 Å². The van der Waals surface area contributed by atoms with E-state index in [0.29, 0.717) is 10.7 Å². The van der Waals surface area contributed by atoms with Gasteiger partial charge in [0.05, 0.1) is 0 Å². The van der Waals surface area contributed by atoms with Crippen LogP contribution in [0.25, 0.3) is 0 Å². The Kier molecular flexibility index (Phi) is 4.39. The minimum Gasteiger partial charge on any atom is -0.332 e. The third-order valence-corrected chi connectivity index (χ3v) is 4.26. The van der Waals surface area contributed by atoms with Crippen LogP contribution in [0.2, 0.25) is 0 Å². The summed E-state index contributed by atoms with van der Waals surface area (Å²) in [6.45, 7) is 1.74. The van der Waals surface area contributed by atoms with Crippen molar-refractivity contribution >= 4 is 28.7 Å². The first kappa shape index (κ1) is 15.0. The summed E-state index contributed by atoms with van der Waals surface area (Å²) in [5.74, 6) is -0.207. The maximum atomic E-state index is 13.3. The number of thiocarbonyl (C=S) groups is 1. The summed E-state index contributed by atoms with van der Waals surface area (Å²) in [6, 6.07) is 11.2. The first-order valence-electron chi connectivity index (χ1n) is 7.58. The van der Waals surface area contributed by atoms with Crippen LogP contribution >= 0.6 is 12.2 Å². The van der Waals surface area contributed by atoms with Gasteiger partial charge in [0.15, 0.2) is 5.11 Å². The first-order valence-corrected chi connectivity index (χ1v) is 7.99. The lowest BCUT2D eigenvalue weighted by molar-refractivity contribution is 0.619. The predicted octanol–water partition coefficient (Wildman–Crippen LogP) is 4.82. The second kappa shape index (κ2) is 6.44. The molecule has 2 nitrogen and oxygen atoms in total. The van der Waals surface area contributed by atoms with Gasteiger partial charge in [0, 0.05) is 11.4 Å². The monoisotopic (exact) mass is 314 g/mol. The largest absolute Gasteiger partial charge is 0.332 e. The minimum atomic E-state index is -0.207. The predicted molar refractivity (Wildman–Crippen MR) is 94.1 cm³/mol. The molecule has 2 aromatic rings. The molecular formula is C18H19FN2S. The maximum absolute atomic E-state index is 13.3. The fraction of sp³-hybridized carbons (Fsp3) is 0.278. The third-order valence-electron chi connectivity index (χ3n) is 4.06. The molecule has 0 heterocycles. The molecule has 22 heavy (non-hydrogen) atoms. The Hall–Kier alpha value is -1.94. The molecule has 0 bridgehead atoms. The topological polar surface area (TPSA) is 24.1 Å². The average Bonchev–Trinajstić information content (AvgIpc) is 2.51. The molecule has 0 amide bonds. The molecule has 0 fully saturated rings. The van der Waals surface area contributed by atoms with Crippen LogP contribution in [0, 0.1) is 12.7 Å². The summed E-state index contributed by atoms with van der Waals surface area (Å²) in [6.07, 6.45) is 4.72. The van der Waals surface area contributed by atoms with Gasteiger partial charge in [-0.2, -0.15) is 0 Å². The van der Waals surface area contributed by atoms with Crippen molar-refractivity contribution < 1.29 is 4.39 Å². The van der Waals surface area contributed by atoms with Gasteiger partial charge in [0.2, 0.25) is 0 Å². The summed E-state index contributed by atoms with van der Waals surface area (Å²) in [4.78, 5) is 0. The van der Waals surface area contributed by atoms with Gasteiger partial charge in [-0.25, -0.2) is 4.39 Å². The second-order valence-corrected chi connectivity index (χ2v) is 6.10. The van der Waals surface area contributed by atoms with Crippen molar-refractivity contribution in [3.8, 4) is 0 Å². The second-order valence-electron chi connectivity index (χ2n) is 5.69. The SMILES string of the molecule is Cc1cc(NC(=S)Nc2cccc3c2CCCC3)ccc1F. The number of nitrogens with one attached hydrogen (secondary N) is 2. The highest BCUT2D eigenvalue weighted by Gasteiger charge is 2.13. The number of rotatable bonds is 2. The summed E-state index contributed by atoms with van der Waals surface area (Å²) < 4.78 is 13.3. The minimum absolute atomic E-state index is 0.207. The van der Waals surface area contributed by atoms with E-state index in [-0.39, 0.29) is 5.82 Å². The van der Waals surface area contributed by atoms with E-state index >= 15 is 0 Å². The van der Waals surface area contributed by atoms with Crippen molar-refractivity contribution in [3.05, 3.63) is 58.9 Å². The van der Waals surface area contributed by atoms with Gasteiger partial charge in [0.1, 0.15) is 5.82 Å². The van der Waals surface area contributed by atoms with Crippen LogP contribution in [-0.2, 0) is 12.8 Å². The van der Waals surface area contributed by atoms with Crippen LogP contribution in [0.4, 0.5) is 15.8 Å². The van der Waals surface area contributed by atoms with Gasteiger partial charge in [-0.05, 0) is 85.8 Å². The molecule has 0 spiro atoms. The van der Waals surface area contributed by atoms with Gasteiger partial charge >= 0.3 is 0 Å². The number of benzene rings is 2. The van der Waals surface area contributed by atoms with Gasteiger partial charge in [-0.3, -0.25) is 0 Å². The van der Waals surface area contributed by atoms with Gasteiger partial charge in [0.25, 0.3) is 0 Å². The molecule has 1 aliphatic rings. The number of fused-ring (bicyclic) bond motifs is 1. The molecule has 2 N–H and O–H groups in total. The Labute approximate surface area is 135 Å². The van der Waals surface area contributed by atoms with Crippen LogP contribution in [0.1, 0.15) is 29.5 Å². The van der Waals surface area contributed by atoms with Crippen molar-refractivity contribution in [3.63, 3.8) is 0 Å². The lowest BCUT2D eigenvalue weighted by Crippen LogP contribution is -2.21. The zero-order valence-electron chi connectivity index (χ0n) is 12.6. The van der Waals surface area contributed by atoms with Crippen molar-refractivity contribution in [2.45, 2.75) is 32.6 Å². The van der Waals surface area contributed by atoms with Gasteiger partial charge in [-0.15, -0.1) is 0 Å². The summed E-state index contributed by atoms with van der Waals surface area (Å²) in [5, 5.41) is 6.93. The molecule has 1 aliphatic carbocycles. The molecule has 0 aliphatic heterocycles. The normalized spacial score (nSPS) is 13.4. The lowest BCUT2D eigenvalue weighted by Gasteiger charge is -2.20. The molecule has 0 saturated heterocycles. The molecule has 4 heteroatoms. The van der Waals surface area contributed by atoms with E-state index in [1.165, 1.54) is 30.0 Å². The summed E-state index contributed by atoms with van der Waals surface area (Å²) in [5.41, 5.74) is 5.25. The van der Waals surface area contributed by atoms with E-state index in [4.69, 9.17) is 12.2 Å². The number of hydrogen-bond acceptors (Lipinski definition) is 1. The standard InChI is InChI=1S/C18H19FN2S/c1-12-11-14(9-10-16(12)19)20-18(22)21-17-8-4-6-13-5-2-3-7-15(13)17/h4,6,8-11H,2-3,5,7H2,1H3,(H2,20,21,22). The molecule has 0 saturated carbocycles. The van der Waals surface area contributed by atoms with Crippen molar-refractivity contribution in [1.29, 1.82) is 0 Å². The molecule has 0 atom stereocenters. The maximum Gasteiger partial charge on any atom is 0.175 e. The zero-order valence-corrected chi connectivity index (χ0v) is 13.4. The fourth-order valence-corrected chi connectivity index (χ4v) is 3.13. The Balaban J connectivity index is 1.73. The van der Waals surface area contributed by atoms with E-state index in [1.807, 2.05) is 0 Å². The molecule has 0 aromatic heterocycles. The number of anilines is 2. The molecular weight excluding hydrogens is 295 g/mol. The van der Waals surface area contributed by atoms with E-state index < -0.39 is 0 Å². The van der Waals surface area contributed by atoms with E-state index in [0.717, 1.165) is 24.2 Å². The van der Waals surface area contributed by atoms with Crippen LogP contribution in [0.5, 0.6) is 0 Å². The Morgan fingerprint density at radius 3 is 2.73 bits per heavy atom. The van der Waals surface area contributed by atoms with Crippen molar-refractivity contribution in [1.82, 2.24) is 0 Å². The van der Waals surface area contributed by atoms with Crippen molar-refractivity contribution in [2.75, 3.05) is 10.6 Å². The van der Waals surface area contributed by atoms with E-state index in [2.05, 4.69) is 28.8 Å². The highest BCUT2D eigenvalue weighted by molar-refractivity contribution is 7.80. The van der Waals surface area contributed by atoms with Crippen LogP contribution < -0.4 is 10.6 Å². The highest BCUT2D eigenvalue weighted by atomic mass is 32.1. The fourth-order valence-electron chi connectivity index (χ4n) is 2.91. The summed E-state index contributed by atoms with van der Waals surface area (Å²) in [7, 11) is 0. The molecule has 0 radical (unpaired) electrons. The smallest absolute Gasteiger partial charge is 0.175 e. The highest BCUT2D eigenvalue weighted by Crippen LogP contribution is 2.28. The Bertz CT molecular complexity index is 712. The van der Waals surface area contributed by atoms with Gasteiger partial charge < -0.3 is 10.6 Å². The number of aryl methyl sites for hydroxylation is 2. The van der Waals surface area contributed by atoms with Crippen LogP contribution in [0.15, 0.2) is 36.4 Å². The first-order chi connectivity index (χ1) is 10.6. The van der Waals surface area contributed by atoms with Gasteiger partial charge in [-0.1, -0.05) is 12.1 Å². The zero-order chi connectivity index (χ0) is 15.5. The van der Waals surface area contributed by atoms with Crippen LogP contribution in [-0.4, -0.2) is 5.11 Å². The summed E-state index contributed by atoms with van der Waals surface area (Å²) >= 11 is 5.38. The molecule has 3 rings (SSSR count). The molecule has 114 valence electrons. The molecule has 2 aromatic carbocycles. The van der Waals surface area contributed by atoms with E-state index in [1.54, 1.807) is 19.1 Å². The van der Waals surface area contributed by atoms with Crippen LogP contribution in [0.3, 0.4) is 0 Å². The Morgan fingerprint density at radius 1 is 1.09 bits per heavy atom. The lowest BCUT2D eigenvalue weighted by atomic mass is 9.90. The average molecular weight is 314 g/mol. The number of halogens is 1.